The number of β-lactam (4-membered cyclic amide) rings is 1. The highest BCUT2D eigenvalue weighted by atomic mass is 28.4. The molecule has 0 spiro atoms. The van der Waals surface area contributed by atoms with Gasteiger partial charge in [0.2, 0.25) is 0 Å². The van der Waals surface area contributed by atoms with Gasteiger partial charge in [0, 0.05) is 13.0 Å². The number of carbonyl (C=O) groups is 1. The maximum atomic E-state index is 12.9. The molecule has 1 aliphatic heterocycles. The van der Waals surface area contributed by atoms with Gasteiger partial charge in [0.05, 0.1) is 12.6 Å². The van der Waals surface area contributed by atoms with Gasteiger partial charge in [-0.1, -0.05) is 76.9 Å². The van der Waals surface area contributed by atoms with Crippen LogP contribution in [-0.2, 0) is 15.8 Å². The Morgan fingerprint density at radius 2 is 1.84 bits per heavy atom. The molecule has 2 atom stereocenters. The van der Waals surface area contributed by atoms with E-state index in [-0.39, 0.29) is 17.0 Å². The van der Waals surface area contributed by atoms with Crippen molar-refractivity contribution in [3.63, 3.8) is 0 Å². The van der Waals surface area contributed by atoms with E-state index in [1.807, 2.05) is 30.3 Å². The molecule has 1 aliphatic carbocycles. The highest BCUT2D eigenvalue weighted by molar-refractivity contribution is 6.74. The molecule has 0 radical (unpaired) electrons. The summed E-state index contributed by atoms with van der Waals surface area (Å²) in [6, 6.07) is 9.93. The van der Waals surface area contributed by atoms with Crippen molar-refractivity contribution in [1.82, 2.24) is 4.90 Å². The molecule has 1 heterocycles. The molecule has 3 rings (SSSR count). The molecule has 5 heteroatoms. The maximum Gasteiger partial charge on any atom is 0.257 e. The van der Waals surface area contributed by atoms with E-state index in [0.717, 1.165) is 24.0 Å². The number of β-amino-alcohol motifs (C(OH)–C–C–N with tert-alkyl or cyclic N) is 1. The fourth-order valence-corrected chi connectivity index (χ4v) is 5.99. The average molecular weight is 444 g/mol. The minimum atomic E-state index is -2.00. The van der Waals surface area contributed by atoms with Crippen LogP contribution in [0.1, 0.15) is 64.9 Å². The number of nitrogens with zero attached hydrogens (tertiary/aromatic N) is 1. The van der Waals surface area contributed by atoms with Gasteiger partial charge in [0.1, 0.15) is 0 Å². The zero-order valence-corrected chi connectivity index (χ0v) is 21.1. The Hall–Kier alpha value is -1.43. The van der Waals surface area contributed by atoms with Gasteiger partial charge in [-0.3, -0.25) is 4.79 Å². The lowest BCUT2D eigenvalue weighted by molar-refractivity contribution is -0.176. The van der Waals surface area contributed by atoms with Crippen molar-refractivity contribution >= 4 is 14.2 Å². The van der Waals surface area contributed by atoms with Gasteiger partial charge in [-0.15, -0.1) is 0 Å². The summed E-state index contributed by atoms with van der Waals surface area (Å²) < 4.78 is 6.88. The van der Waals surface area contributed by atoms with Crippen molar-refractivity contribution in [3.05, 3.63) is 48.0 Å². The van der Waals surface area contributed by atoms with E-state index in [1.165, 1.54) is 19.3 Å². The van der Waals surface area contributed by atoms with E-state index in [9.17, 15) is 9.90 Å². The van der Waals surface area contributed by atoms with Crippen molar-refractivity contribution < 1.29 is 14.3 Å². The number of aliphatic hydroxyl groups is 1. The third-order valence-electron chi connectivity index (χ3n) is 7.58. The number of amides is 1. The molecule has 0 aromatic heterocycles. The number of carbonyl (C=O) groups excluding carboxylic acids is 1. The Kier molecular flexibility index (Phi) is 7.19. The topological polar surface area (TPSA) is 49.8 Å². The van der Waals surface area contributed by atoms with Gasteiger partial charge in [-0.05, 0) is 48.0 Å². The van der Waals surface area contributed by atoms with Crippen LogP contribution in [0.25, 0.3) is 0 Å². The minimum absolute atomic E-state index is 0.0683. The molecule has 2 aliphatic rings. The Labute approximate surface area is 189 Å². The molecule has 1 aromatic carbocycles. The fraction of sp³-hybridized carbons (Fsp3) is 0.654. The molecule has 1 saturated carbocycles. The van der Waals surface area contributed by atoms with Crippen molar-refractivity contribution in [2.24, 2.45) is 5.92 Å². The molecular formula is C26H41NO3Si. The highest BCUT2D eigenvalue weighted by Gasteiger charge is 2.52. The molecular weight excluding hydrogens is 402 g/mol. The van der Waals surface area contributed by atoms with E-state index in [0.29, 0.717) is 25.4 Å². The molecule has 4 nitrogen and oxygen atoms in total. The SMILES string of the molecule is C=C(C[C@]1(O)CN(Cc2ccccc2)C1=O)[C@H](O[Si](C)(C)C(C)(C)C)C1CCCCC1. The van der Waals surface area contributed by atoms with E-state index in [4.69, 9.17) is 4.43 Å². The second-order valence-electron chi connectivity index (χ2n) is 11.2. The second kappa shape index (κ2) is 9.20. The smallest absolute Gasteiger partial charge is 0.257 e. The van der Waals surface area contributed by atoms with Crippen LogP contribution in [-0.4, -0.2) is 42.5 Å². The van der Waals surface area contributed by atoms with Crippen molar-refractivity contribution in [2.45, 2.75) is 95.7 Å². The first-order valence-electron chi connectivity index (χ1n) is 11.8. The number of likely N-dealkylation sites (tertiary alicyclic amines) is 1. The predicted molar refractivity (Wildman–Crippen MR) is 129 cm³/mol. The van der Waals surface area contributed by atoms with E-state index in [1.54, 1.807) is 4.90 Å². The number of hydrogen-bond donors (Lipinski definition) is 1. The molecule has 1 aromatic rings. The first-order chi connectivity index (χ1) is 14.4. The van der Waals surface area contributed by atoms with Crippen LogP contribution >= 0.6 is 0 Å². The molecule has 1 saturated heterocycles. The Balaban J connectivity index is 1.69. The van der Waals surface area contributed by atoms with Gasteiger partial charge in [-0.25, -0.2) is 0 Å². The molecule has 31 heavy (non-hydrogen) atoms. The van der Waals surface area contributed by atoms with Gasteiger partial charge in [0.15, 0.2) is 13.9 Å². The standard InChI is InChI=1S/C26H41NO3Si/c1-20(17-26(29)19-27(24(26)28)18-21-13-9-7-10-14-21)23(22-15-11-8-12-16-22)30-31(5,6)25(2,3)4/h7,9-10,13-14,22-23,29H,1,8,11-12,15-19H2,2-6H3/t23-,26-/m0/s1. The molecule has 1 N–H and O–H groups in total. The Bertz CT molecular complexity index is 780. The third kappa shape index (κ3) is 5.50. The number of rotatable bonds is 8. The lowest BCUT2D eigenvalue weighted by atomic mass is 9.78. The van der Waals surface area contributed by atoms with Crippen molar-refractivity contribution in [2.75, 3.05) is 6.54 Å². The summed E-state index contributed by atoms with van der Waals surface area (Å²) in [5, 5.41) is 11.2. The monoisotopic (exact) mass is 443 g/mol. The largest absolute Gasteiger partial charge is 0.410 e. The average Bonchev–Trinajstić information content (AvgIpc) is 2.72. The first kappa shape index (κ1) is 24.2. The highest BCUT2D eigenvalue weighted by Crippen LogP contribution is 2.43. The molecule has 0 unspecified atom stereocenters. The Morgan fingerprint density at radius 3 is 2.39 bits per heavy atom. The van der Waals surface area contributed by atoms with Gasteiger partial charge >= 0.3 is 0 Å². The first-order valence-corrected chi connectivity index (χ1v) is 14.7. The van der Waals surface area contributed by atoms with Gasteiger partial charge in [-0.2, -0.15) is 0 Å². The van der Waals surface area contributed by atoms with Crippen LogP contribution in [0, 0.1) is 5.92 Å². The molecule has 1 amide bonds. The van der Waals surface area contributed by atoms with E-state index in [2.05, 4.69) is 40.4 Å². The zero-order chi connectivity index (χ0) is 22.9. The van der Waals surface area contributed by atoms with Crippen LogP contribution in [0.4, 0.5) is 0 Å². The summed E-state index contributed by atoms with van der Waals surface area (Å²) in [4.78, 5) is 14.6. The van der Waals surface area contributed by atoms with Crippen LogP contribution in [0.15, 0.2) is 42.5 Å². The van der Waals surface area contributed by atoms with Crippen LogP contribution in [0.2, 0.25) is 18.1 Å². The molecule has 2 fully saturated rings. The summed E-state index contributed by atoms with van der Waals surface area (Å²) in [5.41, 5.74) is 0.639. The minimum Gasteiger partial charge on any atom is -0.410 e. The molecule has 0 bridgehead atoms. The maximum absolute atomic E-state index is 12.9. The lowest BCUT2D eigenvalue weighted by Crippen LogP contribution is -2.66. The normalized spacial score (nSPS) is 24.1. The van der Waals surface area contributed by atoms with Crippen LogP contribution in [0.5, 0.6) is 0 Å². The fourth-order valence-electron chi connectivity index (χ4n) is 4.64. The van der Waals surface area contributed by atoms with Gasteiger partial charge in [0.25, 0.3) is 5.91 Å². The van der Waals surface area contributed by atoms with Gasteiger partial charge < -0.3 is 14.4 Å². The van der Waals surface area contributed by atoms with E-state index >= 15 is 0 Å². The summed E-state index contributed by atoms with van der Waals surface area (Å²) in [6.07, 6.45) is 6.25. The van der Waals surface area contributed by atoms with Crippen LogP contribution < -0.4 is 0 Å². The summed E-state index contributed by atoms with van der Waals surface area (Å²) in [5.74, 6) is 0.252. The van der Waals surface area contributed by atoms with Crippen molar-refractivity contribution in [1.29, 1.82) is 0 Å². The Morgan fingerprint density at radius 1 is 1.23 bits per heavy atom. The number of hydrogen-bond acceptors (Lipinski definition) is 3. The molecule has 172 valence electrons. The summed E-state index contributed by atoms with van der Waals surface area (Å²) in [6.45, 7) is 16.6. The van der Waals surface area contributed by atoms with E-state index < -0.39 is 13.9 Å². The lowest BCUT2D eigenvalue weighted by Gasteiger charge is -2.48. The van der Waals surface area contributed by atoms with Crippen LogP contribution in [0.3, 0.4) is 0 Å². The summed E-state index contributed by atoms with van der Waals surface area (Å²) in [7, 11) is -2.00. The second-order valence-corrected chi connectivity index (χ2v) is 16.0. The predicted octanol–water partition coefficient (Wildman–Crippen LogP) is 5.68. The third-order valence-corrected chi connectivity index (χ3v) is 12.0. The quantitative estimate of drug-likeness (QED) is 0.320. The van der Waals surface area contributed by atoms with Crippen molar-refractivity contribution in [3.8, 4) is 0 Å². The summed E-state index contributed by atoms with van der Waals surface area (Å²) >= 11 is 0. The number of benzene rings is 1. The zero-order valence-electron chi connectivity index (χ0n) is 20.1.